The highest BCUT2D eigenvalue weighted by molar-refractivity contribution is 7.10. The number of likely N-dealkylation sites (tertiary alicyclic amines) is 1. The lowest BCUT2D eigenvalue weighted by Gasteiger charge is -2.31. The van der Waals surface area contributed by atoms with Crippen molar-refractivity contribution in [1.82, 2.24) is 19.7 Å². The van der Waals surface area contributed by atoms with Gasteiger partial charge in [0.25, 0.3) is 0 Å². The van der Waals surface area contributed by atoms with Crippen LogP contribution in [0.2, 0.25) is 0 Å². The summed E-state index contributed by atoms with van der Waals surface area (Å²) in [5.74, 6) is -0.0719. The lowest BCUT2D eigenvalue weighted by Crippen LogP contribution is -2.40. The molecule has 13 heteroatoms. The number of aryl methyl sites for hydroxylation is 1. The number of alkyl halides is 3. The van der Waals surface area contributed by atoms with Gasteiger partial charge >= 0.3 is 6.18 Å². The first kappa shape index (κ1) is 26.9. The topological polar surface area (TPSA) is 105 Å². The molecule has 0 radical (unpaired) electrons. The number of halogens is 3. The minimum atomic E-state index is -4.54. The first-order valence-corrected chi connectivity index (χ1v) is 13.4. The zero-order valence-corrected chi connectivity index (χ0v) is 22.2. The van der Waals surface area contributed by atoms with E-state index in [9.17, 15) is 23.2 Å². The number of carbonyl (C=O) groups is 1. The summed E-state index contributed by atoms with van der Waals surface area (Å²) in [6, 6.07) is 8.53. The van der Waals surface area contributed by atoms with Gasteiger partial charge in [-0.15, -0.1) is 11.3 Å². The second-order valence-electron chi connectivity index (χ2n) is 9.66. The van der Waals surface area contributed by atoms with Crippen LogP contribution in [-0.2, 0) is 22.4 Å². The molecule has 1 aromatic carbocycles. The Bertz CT molecular complexity index is 1420. The molecule has 2 aliphatic rings. The predicted molar refractivity (Wildman–Crippen MR) is 138 cm³/mol. The van der Waals surface area contributed by atoms with Crippen LogP contribution < -0.4 is 0 Å². The highest BCUT2D eigenvalue weighted by Gasteiger charge is 2.35. The van der Waals surface area contributed by atoms with E-state index in [1.54, 1.807) is 23.2 Å². The van der Waals surface area contributed by atoms with E-state index in [0.717, 1.165) is 38.3 Å². The molecule has 2 aromatic heterocycles. The number of amides is 1. The van der Waals surface area contributed by atoms with Gasteiger partial charge in [-0.3, -0.25) is 9.48 Å². The summed E-state index contributed by atoms with van der Waals surface area (Å²) >= 11 is 1.55. The molecule has 1 atom stereocenters. The molecule has 0 spiro atoms. The van der Waals surface area contributed by atoms with E-state index in [0.29, 0.717) is 43.8 Å². The van der Waals surface area contributed by atoms with E-state index in [1.165, 1.54) is 6.92 Å². The molecule has 1 amide bonds. The third-order valence-corrected chi connectivity index (χ3v) is 8.09. The van der Waals surface area contributed by atoms with Crippen molar-refractivity contribution in [2.24, 2.45) is 10.3 Å². The van der Waals surface area contributed by atoms with Gasteiger partial charge in [-0.25, -0.2) is 4.98 Å². The predicted octanol–water partition coefficient (Wildman–Crippen LogP) is 5.14. The maximum atomic E-state index is 12.9. The lowest BCUT2D eigenvalue weighted by molar-refractivity contribution is -0.142. The molecule has 1 unspecified atom stereocenters. The Kier molecular flexibility index (Phi) is 7.43. The van der Waals surface area contributed by atoms with E-state index in [-0.39, 0.29) is 24.5 Å². The molecule has 0 aliphatic carbocycles. The molecule has 3 aromatic rings. The SMILES string of the molecule is C/C(=N\O)c1ccccc1C1CC(c2csc(C3CCN(C(=O)Cn4nc(C(F)(F)F)cc4C)CC3)n2)=NO1. The quantitative estimate of drug-likeness (QED) is 0.256. The Labute approximate surface area is 226 Å². The van der Waals surface area contributed by atoms with Crippen LogP contribution in [0.1, 0.15) is 71.4 Å². The van der Waals surface area contributed by atoms with Crippen molar-refractivity contribution in [2.45, 2.75) is 57.9 Å². The van der Waals surface area contributed by atoms with E-state index < -0.39 is 11.9 Å². The van der Waals surface area contributed by atoms with Crippen molar-refractivity contribution in [3.63, 3.8) is 0 Å². The molecule has 206 valence electrons. The summed E-state index contributed by atoms with van der Waals surface area (Å²) in [5, 5.41) is 23.3. The van der Waals surface area contributed by atoms with Crippen molar-refractivity contribution >= 4 is 28.7 Å². The summed E-state index contributed by atoms with van der Waals surface area (Å²) in [5.41, 5.74) is 2.99. The number of thiazole rings is 1. The number of nitrogens with zero attached hydrogens (tertiary/aromatic N) is 6. The summed E-state index contributed by atoms with van der Waals surface area (Å²) < 4.78 is 39.9. The van der Waals surface area contributed by atoms with Gasteiger partial charge in [-0.2, -0.15) is 18.3 Å². The molecule has 1 fully saturated rings. The molecule has 39 heavy (non-hydrogen) atoms. The molecule has 5 rings (SSSR count). The first-order valence-electron chi connectivity index (χ1n) is 12.5. The largest absolute Gasteiger partial charge is 0.435 e. The van der Waals surface area contributed by atoms with E-state index in [1.807, 2.05) is 29.6 Å². The number of rotatable bonds is 6. The van der Waals surface area contributed by atoms with Gasteiger partial charge in [0.1, 0.15) is 12.3 Å². The number of aromatic nitrogens is 3. The van der Waals surface area contributed by atoms with E-state index in [2.05, 4.69) is 15.4 Å². The van der Waals surface area contributed by atoms with Crippen LogP contribution in [0.3, 0.4) is 0 Å². The third kappa shape index (κ3) is 5.68. The van der Waals surface area contributed by atoms with Gasteiger partial charge in [0.2, 0.25) is 5.91 Å². The van der Waals surface area contributed by atoms with Crippen LogP contribution in [-0.4, -0.2) is 55.3 Å². The second-order valence-corrected chi connectivity index (χ2v) is 10.6. The fraction of sp³-hybridized carbons (Fsp3) is 0.423. The summed E-state index contributed by atoms with van der Waals surface area (Å²) in [4.78, 5) is 25.0. The third-order valence-electron chi connectivity index (χ3n) is 7.09. The van der Waals surface area contributed by atoms with Crippen molar-refractivity contribution in [1.29, 1.82) is 0 Å². The van der Waals surface area contributed by atoms with Gasteiger partial charge in [0.05, 0.1) is 16.4 Å². The van der Waals surface area contributed by atoms with Crippen molar-refractivity contribution in [3.8, 4) is 0 Å². The number of benzene rings is 1. The zero-order chi connectivity index (χ0) is 27.7. The van der Waals surface area contributed by atoms with Crippen LogP contribution in [0.25, 0.3) is 0 Å². The van der Waals surface area contributed by atoms with Gasteiger partial charge in [0.15, 0.2) is 11.8 Å². The zero-order valence-electron chi connectivity index (χ0n) is 21.4. The molecule has 1 N–H and O–H groups in total. The molecule has 2 aliphatic heterocycles. The number of oxime groups is 2. The van der Waals surface area contributed by atoms with E-state index >= 15 is 0 Å². The van der Waals surface area contributed by atoms with Crippen LogP contribution in [0.4, 0.5) is 13.2 Å². The Balaban J connectivity index is 1.17. The Morgan fingerprint density at radius 3 is 2.69 bits per heavy atom. The average molecular weight is 561 g/mol. The Morgan fingerprint density at radius 2 is 2.00 bits per heavy atom. The molecule has 1 saturated heterocycles. The van der Waals surface area contributed by atoms with Crippen molar-refractivity contribution in [2.75, 3.05) is 13.1 Å². The molecular formula is C26H27F3N6O3S. The van der Waals surface area contributed by atoms with Crippen LogP contribution in [0, 0.1) is 6.92 Å². The maximum Gasteiger partial charge on any atom is 0.435 e. The highest BCUT2D eigenvalue weighted by atomic mass is 32.1. The summed E-state index contributed by atoms with van der Waals surface area (Å²) in [6.45, 7) is 4.01. The molecule has 0 bridgehead atoms. The first-order chi connectivity index (χ1) is 18.6. The van der Waals surface area contributed by atoms with Gasteiger partial charge in [0, 0.05) is 47.6 Å². The molecule has 9 nitrogen and oxygen atoms in total. The number of carbonyl (C=O) groups excluding carboxylic acids is 1. The smallest absolute Gasteiger partial charge is 0.411 e. The average Bonchev–Trinajstić information content (AvgIpc) is 3.68. The molecule has 0 saturated carbocycles. The Hall–Kier alpha value is -3.74. The Morgan fingerprint density at radius 1 is 1.26 bits per heavy atom. The van der Waals surface area contributed by atoms with Gasteiger partial charge < -0.3 is 14.9 Å². The monoisotopic (exact) mass is 560 g/mol. The number of hydrogen-bond acceptors (Lipinski definition) is 8. The van der Waals surface area contributed by atoms with Crippen molar-refractivity contribution < 1.29 is 28.0 Å². The summed E-state index contributed by atoms with van der Waals surface area (Å²) in [6.07, 6.45) is -2.89. The van der Waals surface area contributed by atoms with E-state index in [4.69, 9.17) is 9.82 Å². The van der Waals surface area contributed by atoms with Crippen LogP contribution >= 0.6 is 11.3 Å². The summed E-state index contributed by atoms with van der Waals surface area (Å²) in [7, 11) is 0. The molecule has 4 heterocycles. The van der Waals surface area contributed by atoms with Gasteiger partial charge in [-0.1, -0.05) is 34.6 Å². The minimum Gasteiger partial charge on any atom is -0.411 e. The highest BCUT2D eigenvalue weighted by Crippen LogP contribution is 2.35. The maximum absolute atomic E-state index is 12.9. The normalized spacial score (nSPS) is 18.8. The fourth-order valence-corrected chi connectivity index (χ4v) is 5.88. The standard InChI is InChI=1S/C26H27F3N6O3S/c1-15-11-23(26(27,28)29)31-35(15)13-24(36)34-9-7-17(8-10-34)25-30-21(14-39-25)20-12-22(38-33-20)19-6-4-3-5-18(19)16(2)32-37/h3-6,11,14,17,22,37H,7-10,12-13H2,1-2H3/b32-16+. The van der Waals surface area contributed by atoms with Crippen LogP contribution in [0.15, 0.2) is 46.0 Å². The number of hydrogen-bond donors (Lipinski definition) is 1. The molecular weight excluding hydrogens is 533 g/mol. The second kappa shape index (κ2) is 10.8. The lowest BCUT2D eigenvalue weighted by atomic mass is 9.96. The van der Waals surface area contributed by atoms with Crippen molar-refractivity contribution in [3.05, 3.63) is 68.9 Å². The van der Waals surface area contributed by atoms with Gasteiger partial charge in [-0.05, 0) is 32.8 Å². The fourth-order valence-electron chi connectivity index (χ4n) is 4.88. The minimum absolute atomic E-state index is 0.180. The number of piperidine rings is 1. The van der Waals surface area contributed by atoms with Crippen LogP contribution in [0.5, 0.6) is 0 Å².